The highest BCUT2D eigenvalue weighted by molar-refractivity contribution is 6.34. The van der Waals surface area contributed by atoms with E-state index in [2.05, 4.69) is 5.32 Å². The fraction of sp³-hybridized carbons (Fsp3) is 0.423. The number of halogens is 1. The van der Waals surface area contributed by atoms with E-state index in [0.29, 0.717) is 17.0 Å². The normalized spacial score (nSPS) is 15.2. The summed E-state index contributed by atoms with van der Waals surface area (Å²) in [6, 6.07) is 11.5. The van der Waals surface area contributed by atoms with E-state index in [1.807, 2.05) is 45.0 Å². The van der Waals surface area contributed by atoms with Crippen LogP contribution in [-0.4, -0.2) is 78.2 Å². The number of fused-ring (bicyclic) bond motifs is 1. The van der Waals surface area contributed by atoms with Gasteiger partial charge in [0.2, 0.25) is 5.91 Å². The number of nitrogens with zero attached hydrogens (tertiary/aromatic N) is 3. The average molecular weight is 517 g/mol. The lowest BCUT2D eigenvalue weighted by Crippen LogP contribution is -2.50. The monoisotopic (exact) mass is 516 g/mol. The van der Waals surface area contributed by atoms with E-state index in [-0.39, 0.29) is 67.8 Å². The Morgan fingerprint density at radius 1 is 1.22 bits per heavy atom. The summed E-state index contributed by atoms with van der Waals surface area (Å²) in [5, 5.41) is 11.9. The van der Waals surface area contributed by atoms with Crippen LogP contribution in [0.3, 0.4) is 0 Å². The third-order valence-corrected chi connectivity index (χ3v) is 6.51. The average Bonchev–Trinajstić information content (AvgIpc) is 3.01. The molecule has 0 aromatic heterocycles. The number of carbonyl (C=O) groups excluding carboxylic acids is 3. The van der Waals surface area contributed by atoms with Gasteiger partial charge in [-0.3, -0.25) is 9.59 Å². The second-order valence-corrected chi connectivity index (χ2v) is 9.40. The van der Waals surface area contributed by atoms with Gasteiger partial charge in [-0.1, -0.05) is 29.8 Å². The minimum Gasteiger partial charge on any atom is -0.491 e. The van der Waals surface area contributed by atoms with Crippen molar-refractivity contribution in [2.24, 2.45) is 0 Å². The van der Waals surface area contributed by atoms with E-state index in [1.165, 1.54) is 0 Å². The highest BCUT2D eigenvalue weighted by Crippen LogP contribution is 2.31. The summed E-state index contributed by atoms with van der Waals surface area (Å²) in [6.45, 7) is 6.07. The van der Waals surface area contributed by atoms with Crippen molar-refractivity contribution < 1.29 is 24.2 Å². The predicted octanol–water partition coefficient (Wildman–Crippen LogP) is 3.14. The van der Waals surface area contributed by atoms with Crippen LogP contribution in [0.25, 0.3) is 0 Å². The number of carbonyl (C=O) groups is 3. The molecule has 10 heteroatoms. The minimum absolute atomic E-state index is 0.0279. The van der Waals surface area contributed by atoms with Crippen molar-refractivity contribution in [1.29, 1.82) is 0 Å². The van der Waals surface area contributed by atoms with E-state index in [4.69, 9.17) is 21.4 Å². The molecule has 9 nitrogen and oxygen atoms in total. The van der Waals surface area contributed by atoms with E-state index < -0.39 is 0 Å². The topological polar surface area (TPSA) is 102 Å². The van der Waals surface area contributed by atoms with Crippen LogP contribution >= 0.6 is 11.6 Å². The molecular weight excluding hydrogens is 484 g/mol. The van der Waals surface area contributed by atoms with Gasteiger partial charge in [0.15, 0.2) is 0 Å². The van der Waals surface area contributed by atoms with Crippen LogP contribution < -0.4 is 15.0 Å². The largest absolute Gasteiger partial charge is 0.491 e. The van der Waals surface area contributed by atoms with E-state index in [0.717, 1.165) is 5.56 Å². The van der Waals surface area contributed by atoms with Gasteiger partial charge in [0.05, 0.1) is 23.7 Å². The van der Waals surface area contributed by atoms with E-state index in [9.17, 15) is 14.4 Å². The number of amides is 4. The molecule has 0 fully saturated rings. The Kier molecular flexibility index (Phi) is 9.17. The standard InChI is InChI=1S/C26H33ClN4O5/c1-17(2)29(4)24(33)14-28-26(35)30-16-19-7-5-6-8-23(19)31(15-18(30)3)25(34)21-10-9-20(13-22(21)27)36-12-11-32/h5-10,13,17-18,32H,11-12,14-16H2,1-4H3,(H,28,35)/t18-/m1/s1. The molecule has 0 unspecified atom stereocenters. The zero-order valence-corrected chi connectivity index (χ0v) is 21.8. The molecule has 2 aromatic carbocycles. The first-order valence-electron chi connectivity index (χ1n) is 11.9. The highest BCUT2D eigenvalue weighted by atomic mass is 35.5. The maximum Gasteiger partial charge on any atom is 0.318 e. The zero-order valence-electron chi connectivity index (χ0n) is 21.0. The molecule has 1 aliphatic heterocycles. The molecule has 4 amide bonds. The number of anilines is 1. The Hall–Kier alpha value is -3.30. The number of hydrogen-bond acceptors (Lipinski definition) is 5. The lowest BCUT2D eigenvalue weighted by Gasteiger charge is -2.30. The first-order valence-corrected chi connectivity index (χ1v) is 12.2. The number of ether oxygens (including phenoxy) is 1. The molecule has 0 saturated heterocycles. The molecule has 194 valence electrons. The second-order valence-electron chi connectivity index (χ2n) is 8.99. The summed E-state index contributed by atoms with van der Waals surface area (Å²) in [7, 11) is 1.70. The molecule has 36 heavy (non-hydrogen) atoms. The van der Waals surface area contributed by atoms with Crippen molar-refractivity contribution in [3.63, 3.8) is 0 Å². The Labute approximate surface area is 216 Å². The van der Waals surface area contributed by atoms with Gasteiger partial charge in [-0.25, -0.2) is 4.79 Å². The number of hydrogen-bond donors (Lipinski definition) is 2. The molecule has 1 atom stereocenters. The first kappa shape index (κ1) is 27.3. The summed E-state index contributed by atoms with van der Waals surface area (Å²) in [4.78, 5) is 43.9. The lowest BCUT2D eigenvalue weighted by molar-refractivity contribution is -0.130. The zero-order chi connectivity index (χ0) is 26.4. The van der Waals surface area contributed by atoms with Crippen LogP contribution in [0.5, 0.6) is 5.75 Å². The molecule has 1 aliphatic rings. The Bertz CT molecular complexity index is 1110. The smallest absolute Gasteiger partial charge is 0.318 e. The van der Waals surface area contributed by atoms with Crippen molar-refractivity contribution in [2.45, 2.75) is 39.4 Å². The summed E-state index contributed by atoms with van der Waals surface area (Å²) in [6.07, 6.45) is 0. The van der Waals surface area contributed by atoms with Gasteiger partial charge in [-0.05, 0) is 50.6 Å². The summed E-state index contributed by atoms with van der Waals surface area (Å²) >= 11 is 6.42. The Morgan fingerprint density at radius 2 is 1.94 bits per heavy atom. The number of benzene rings is 2. The maximum atomic E-state index is 13.6. The minimum atomic E-state index is -0.375. The fourth-order valence-electron chi connectivity index (χ4n) is 3.91. The third-order valence-electron chi connectivity index (χ3n) is 6.20. The number of rotatable bonds is 7. The molecule has 2 N–H and O–H groups in total. The number of aliphatic hydroxyl groups excluding tert-OH is 1. The van der Waals surface area contributed by atoms with Crippen molar-refractivity contribution in [1.82, 2.24) is 15.1 Å². The van der Waals surface area contributed by atoms with Gasteiger partial charge in [-0.15, -0.1) is 0 Å². The van der Waals surface area contributed by atoms with E-state index in [1.54, 1.807) is 39.9 Å². The van der Waals surface area contributed by atoms with Gasteiger partial charge in [0, 0.05) is 37.9 Å². The molecule has 2 aromatic rings. The van der Waals surface area contributed by atoms with Crippen molar-refractivity contribution in [3.8, 4) is 5.75 Å². The molecule has 0 aliphatic carbocycles. The Morgan fingerprint density at radius 3 is 2.61 bits per heavy atom. The third kappa shape index (κ3) is 6.27. The Balaban J connectivity index is 1.82. The molecule has 0 radical (unpaired) electrons. The number of para-hydroxylation sites is 1. The summed E-state index contributed by atoms with van der Waals surface area (Å²) in [5.41, 5.74) is 1.79. The maximum absolute atomic E-state index is 13.6. The predicted molar refractivity (Wildman–Crippen MR) is 138 cm³/mol. The second kappa shape index (κ2) is 12.1. The van der Waals surface area contributed by atoms with Crippen LogP contribution in [0, 0.1) is 0 Å². The molecule has 0 bridgehead atoms. The van der Waals surface area contributed by atoms with Crippen molar-refractivity contribution >= 4 is 35.1 Å². The van der Waals surface area contributed by atoms with Gasteiger partial charge in [0.25, 0.3) is 5.91 Å². The molecular formula is C26H33ClN4O5. The van der Waals surface area contributed by atoms with Crippen LogP contribution in [0.1, 0.15) is 36.7 Å². The van der Waals surface area contributed by atoms with Gasteiger partial charge >= 0.3 is 6.03 Å². The number of aliphatic hydroxyl groups is 1. The van der Waals surface area contributed by atoms with Crippen LogP contribution in [-0.2, 0) is 11.3 Å². The van der Waals surface area contributed by atoms with Crippen LogP contribution in [0.4, 0.5) is 10.5 Å². The number of nitrogens with one attached hydrogen (secondary N) is 1. The van der Waals surface area contributed by atoms with Gasteiger partial charge < -0.3 is 29.9 Å². The summed E-state index contributed by atoms with van der Waals surface area (Å²) < 4.78 is 5.38. The summed E-state index contributed by atoms with van der Waals surface area (Å²) in [5.74, 6) is -0.0289. The molecule has 0 saturated carbocycles. The molecule has 0 spiro atoms. The van der Waals surface area contributed by atoms with Crippen molar-refractivity contribution in [2.75, 3.05) is 38.3 Å². The number of urea groups is 1. The SMILES string of the molecule is CC(C)N(C)C(=O)CNC(=O)N1Cc2ccccc2N(C(=O)c2ccc(OCCO)cc2Cl)C[C@H]1C. The first-order chi connectivity index (χ1) is 17.1. The van der Waals surface area contributed by atoms with Gasteiger partial charge in [-0.2, -0.15) is 0 Å². The van der Waals surface area contributed by atoms with E-state index >= 15 is 0 Å². The number of likely N-dealkylation sites (N-methyl/N-ethyl adjacent to an activating group) is 1. The quantitative estimate of drug-likeness (QED) is 0.588. The highest BCUT2D eigenvalue weighted by Gasteiger charge is 2.32. The fourth-order valence-corrected chi connectivity index (χ4v) is 4.16. The van der Waals surface area contributed by atoms with Gasteiger partial charge in [0.1, 0.15) is 12.4 Å². The molecule has 3 rings (SSSR count). The van der Waals surface area contributed by atoms with Crippen molar-refractivity contribution in [3.05, 3.63) is 58.6 Å². The van der Waals surface area contributed by atoms with Crippen LogP contribution in [0.15, 0.2) is 42.5 Å². The van der Waals surface area contributed by atoms with Crippen LogP contribution in [0.2, 0.25) is 5.02 Å². The lowest BCUT2D eigenvalue weighted by atomic mass is 10.1. The molecule has 1 heterocycles.